The molecule has 0 spiro atoms. The maximum Gasteiger partial charge on any atom is 0.243 e. The summed E-state index contributed by atoms with van der Waals surface area (Å²) < 4.78 is 65.2. The minimum Gasteiger partial charge on any atom is -0.497 e. The SMILES string of the molecule is C=C1CN(S(=O)(=O)c2ccc(OC)cc2)CCCN(CC2CCCCC2)CCCN(S(=O)(=O)c2cccc3c(N(C)C)cccc23)C1.Cl.O. The second-order valence-corrected chi connectivity index (χ2v) is 17.0. The molecule has 3 aromatic rings. The molecule has 0 amide bonds. The molecule has 0 atom stereocenters. The van der Waals surface area contributed by atoms with Crippen LogP contribution in [0.2, 0.25) is 0 Å². The van der Waals surface area contributed by atoms with Gasteiger partial charge in [-0.1, -0.05) is 50.1 Å². The molecule has 1 aliphatic carbocycles. The van der Waals surface area contributed by atoms with Crippen LogP contribution in [0.15, 0.2) is 82.6 Å². The van der Waals surface area contributed by atoms with Gasteiger partial charge in [0.2, 0.25) is 20.0 Å². The van der Waals surface area contributed by atoms with Gasteiger partial charge in [0.15, 0.2) is 0 Å². The quantitative estimate of drug-likeness (QED) is 0.283. The summed E-state index contributed by atoms with van der Waals surface area (Å²) in [6.07, 6.45) is 7.58. The molecule has 272 valence electrons. The first kappa shape index (κ1) is 40.7. The number of fused-ring (bicyclic) bond motifs is 1. The third-order valence-electron chi connectivity index (χ3n) is 9.46. The van der Waals surface area contributed by atoms with Crippen LogP contribution in [-0.4, -0.2) is 103 Å². The van der Waals surface area contributed by atoms with Gasteiger partial charge in [-0.05, 0) is 86.7 Å². The van der Waals surface area contributed by atoms with Crippen molar-refractivity contribution in [3.8, 4) is 5.75 Å². The fraction of sp³-hybridized carbons (Fsp3) is 0.500. The number of rotatable bonds is 8. The van der Waals surface area contributed by atoms with E-state index in [0.717, 1.165) is 30.7 Å². The lowest BCUT2D eigenvalue weighted by atomic mass is 9.89. The molecule has 5 rings (SSSR count). The highest BCUT2D eigenvalue weighted by Gasteiger charge is 2.31. The first-order chi connectivity index (χ1) is 22.5. The van der Waals surface area contributed by atoms with E-state index in [9.17, 15) is 16.8 Å². The molecule has 2 N–H and O–H groups in total. The molecule has 49 heavy (non-hydrogen) atoms. The summed E-state index contributed by atoms with van der Waals surface area (Å²) in [5.74, 6) is 1.20. The van der Waals surface area contributed by atoms with Crippen molar-refractivity contribution < 1.29 is 27.0 Å². The molecular formula is C36H53ClN4O6S2. The van der Waals surface area contributed by atoms with Crippen molar-refractivity contribution in [2.24, 2.45) is 5.92 Å². The van der Waals surface area contributed by atoms with Crippen LogP contribution in [0.5, 0.6) is 5.75 Å². The number of hydrogen-bond acceptors (Lipinski definition) is 7. The van der Waals surface area contributed by atoms with Crippen LogP contribution >= 0.6 is 12.4 Å². The lowest BCUT2D eigenvalue weighted by molar-refractivity contribution is 0.188. The third-order valence-corrected chi connectivity index (χ3v) is 13.2. The van der Waals surface area contributed by atoms with Crippen molar-refractivity contribution in [3.05, 3.63) is 72.8 Å². The fourth-order valence-corrected chi connectivity index (χ4v) is 10.2. The molecule has 2 fully saturated rings. The van der Waals surface area contributed by atoms with Crippen molar-refractivity contribution in [2.75, 3.05) is 71.9 Å². The van der Waals surface area contributed by atoms with Gasteiger partial charge >= 0.3 is 0 Å². The molecule has 1 aliphatic heterocycles. The average molecular weight is 737 g/mol. The second-order valence-electron chi connectivity index (χ2n) is 13.1. The highest BCUT2D eigenvalue weighted by Crippen LogP contribution is 2.32. The van der Waals surface area contributed by atoms with E-state index in [2.05, 4.69) is 11.5 Å². The number of ether oxygens (including phenoxy) is 1. The summed E-state index contributed by atoms with van der Waals surface area (Å²) in [5.41, 5.74) is 1.47. The van der Waals surface area contributed by atoms with Crippen molar-refractivity contribution in [3.63, 3.8) is 0 Å². The van der Waals surface area contributed by atoms with Gasteiger partial charge < -0.3 is 20.0 Å². The van der Waals surface area contributed by atoms with Crippen molar-refractivity contribution in [1.82, 2.24) is 13.5 Å². The van der Waals surface area contributed by atoms with Gasteiger partial charge in [-0.15, -0.1) is 12.4 Å². The van der Waals surface area contributed by atoms with Gasteiger partial charge in [0.25, 0.3) is 0 Å². The predicted molar refractivity (Wildman–Crippen MR) is 201 cm³/mol. The van der Waals surface area contributed by atoms with Crippen LogP contribution in [-0.2, 0) is 20.0 Å². The van der Waals surface area contributed by atoms with Crippen LogP contribution in [0.1, 0.15) is 44.9 Å². The Kier molecular flexibility index (Phi) is 14.9. The molecule has 1 saturated heterocycles. The minimum atomic E-state index is -3.96. The predicted octanol–water partition coefficient (Wildman–Crippen LogP) is 5.43. The number of nitrogens with zero attached hydrogens (tertiary/aromatic N) is 4. The Hall–Kier alpha value is -2.71. The first-order valence-electron chi connectivity index (χ1n) is 16.7. The number of methoxy groups -OCH3 is 1. The Morgan fingerprint density at radius 2 is 1.33 bits per heavy atom. The Morgan fingerprint density at radius 1 is 0.755 bits per heavy atom. The summed E-state index contributed by atoms with van der Waals surface area (Å²) >= 11 is 0. The van der Waals surface area contributed by atoms with E-state index in [0.29, 0.717) is 48.6 Å². The fourth-order valence-electron chi connectivity index (χ4n) is 7.00. The number of anilines is 1. The molecule has 10 nitrogen and oxygen atoms in total. The molecule has 3 aromatic carbocycles. The highest BCUT2D eigenvalue weighted by molar-refractivity contribution is 7.89. The van der Waals surface area contributed by atoms with Crippen molar-refractivity contribution in [1.29, 1.82) is 0 Å². The number of sulfonamides is 2. The summed E-state index contributed by atoms with van der Waals surface area (Å²) in [6.45, 7) is 7.38. The Balaban J connectivity index is 0.00000325. The van der Waals surface area contributed by atoms with Crippen molar-refractivity contribution >= 4 is 48.9 Å². The topological polar surface area (TPSA) is 122 Å². The summed E-state index contributed by atoms with van der Waals surface area (Å²) in [6, 6.07) is 17.5. The first-order valence-corrected chi connectivity index (χ1v) is 19.6. The van der Waals surface area contributed by atoms with Crippen LogP contribution in [0.3, 0.4) is 0 Å². The van der Waals surface area contributed by atoms with E-state index in [1.165, 1.54) is 40.7 Å². The maximum absolute atomic E-state index is 14.5. The molecule has 2 aliphatic rings. The van der Waals surface area contributed by atoms with E-state index in [1.54, 1.807) is 43.5 Å². The van der Waals surface area contributed by atoms with Crippen LogP contribution < -0.4 is 9.64 Å². The molecular weight excluding hydrogens is 684 g/mol. The van der Waals surface area contributed by atoms with Gasteiger partial charge in [-0.3, -0.25) is 0 Å². The third kappa shape index (κ3) is 9.75. The Bertz CT molecular complexity index is 1750. The van der Waals surface area contributed by atoms with E-state index >= 15 is 0 Å². The van der Waals surface area contributed by atoms with E-state index in [1.807, 2.05) is 43.3 Å². The lowest BCUT2D eigenvalue weighted by Gasteiger charge is -2.33. The second kappa shape index (κ2) is 18.0. The number of benzene rings is 3. The average Bonchev–Trinajstić information content (AvgIpc) is 3.06. The monoisotopic (exact) mass is 736 g/mol. The zero-order valence-electron chi connectivity index (χ0n) is 29.0. The Morgan fingerprint density at radius 3 is 1.92 bits per heavy atom. The number of halogens is 1. The van der Waals surface area contributed by atoms with Crippen LogP contribution in [0.4, 0.5) is 5.69 Å². The van der Waals surface area contributed by atoms with E-state index < -0.39 is 20.0 Å². The zero-order valence-corrected chi connectivity index (χ0v) is 31.5. The maximum atomic E-state index is 14.5. The number of hydrogen-bond donors (Lipinski definition) is 0. The van der Waals surface area contributed by atoms with Crippen molar-refractivity contribution in [2.45, 2.75) is 54.7 Å². The summed E-state index contributed by atoms with van der Waals surface area (Å²) in [5, 5.41) is 1.53. The standard InChI is InChI=1S/C36H50N4O5S2.ClH.H2O/c1-29-26-39(46(41,42)32-20-18-31(45-4)19-21-32)24-10-22-38(28-30-12-6-5-7-13-30)23-11-25-40(27-29)47(43,44)36-17-9-14-33-34(36)15-8-16-35(33)37(2)3;;/h8-9,14-21,30H,1,5-7,10-13,22-28H2,2-4H3;1H;1H2. The van der Waals surface area contributed by atoms with Gasteiger partial charge in [0, 0.05) is 63.3 Å². The molecule has 0 aromatic heterocycles. The molecule has 1 saturated carbocycles. The lowest BCUT2D eigenvalue weighted by Crippen LogP contribution is -2.42. The van der Waals surface area contributed by atoms with Gasteiger partial charge in [0.1, 0.15) is 5.75 Å². The minimum absolute atomic E-state index is 0. The molecule has 13 heteroatoms. The smallest absolute Gasteiger partial charge is 0.243 e. The van der Waals surface area contributed by atoms with Crippen LogP contribution in [0.25, 0.3) is 10.8 Å². The zero-order chi connectivity index (χ0) is 33.6. The van der Waals surface area contributed by atoms with E-state index in [-0.39, 0.29) is 40.8 Å². The largest absolute Gasteiger partial charge is 0.497 e. The normalized spacial score (nSPS) is 18.5. The summed E-state index contributed by atoms with van der Waals surface area (Å²) in [4.78, 5) is 4.83. The van der Waals surface area contributed by atoms with Crippen LogP contribution in [0, 0.1) is 5.92 Å². The molecule has 1 heterocycles. The summed E-state index contributed by atoms with van der Waals surface area (Å²) in [7, 11) is -2.40. The molecule has 0 unspecified atom stereocenters. The van der Waals surface area contributed by atoms with E-state index in [4.69, 9.17) is 4.74 Å². The molecule has 0 bridgehead atoms. The Labute approximate surface area is 299 Å². The molecule has 0 radical (unpaired) electrons. The van der Waals surface area contributed by atoms with Gasteiger partial charge in [0.05, 0.1) is 16.9 Å². The highest BCUT2D eigenvalue weighted by atomic mass is 35.5. The van der Waals surface area contributed by atoms with Gasteiger partial charge in [-0.25, -0.2) is 16.8 Å². The van der Waals surface area contributed by atoms with Gasteiger partial charge in [-0.2, -0.15) is 8.61 Å².